The van der Waals surface area contributed by atoms with Crippen LogP contribution in [0.25, 0.3) is 0 Å². The number of carbonyl (C=O) groups is 1. The molecule has 0 unspecified atom stereocenters. The van der Waals surface area contributed by atoms with Crippen LogP contribution >= 0.6 is 15.6 Å². The standard InChI is InChI=1S/C18H36O2.Ca.Na.2H3O4P/c1-2-3-4-5-6-7-8-9-10-11-12-13-14-15-16-17-18(19)20;;;2*1-5(2,3)4/h2-17H2,1H3,(H,19,20);;;2*(H3,1,2,3,4)/q;+2;+1;;/p-7. The number of carboxylic acids is 1. The van der Waals surface area contributed by atoms with Crippen molar-refractivity contribution in [1.82, 2.24) is 0 Å². The molecule has 0 heterocycles. The maximum atomic E-state index is 10.2. The smallest absolute Gasteiger partial charge is 0.822 e. The molecule has 0 aromatic carbocycles. The van der Waals surface area contributed by atoms with Crippen LogP contribution in [0.1, 0.15) is 110 Å². The Kier molecular flexibility index (Phi) is 42.6. The van der Waals surface area contributed by atoms with Gasteiger partial charge in [0, 0.05) is 5.97 Å². The molecule has 0 aromatic heterocycles. The van der Waals surface area contributed by atoms with Gasteiger partial charge in [-0.1, -0.05) is 96.8 Å². The van der Waals surface area contributed by atoms with Gasteiger partial charge < -0.3 is 48.4 Å². The zero-order valence-electron chi connectivity index (χ0n) is 19.5. The molecule has 0 atom stereocenters. The predicted octanol–water partition coefficient (Wildman–Crippen LogP) is -4.03. The predicted molar refractivity (Wildman–Crippen MR) is 106 cm³/mol. The number of hydrogen-bond donors (Lipinski definition) is 0. The van der Waals surface area contributed by atoms with Crippen molar-refractivity contribution < 1.29 is 77.9 Å². The molecule has 0 aliphatic carbocycles. The summed E-state index contributed by atoms with van der Waals surface area (Å²) in [6.07, 6.45) is 19.9. The maximum Gasteiger partial charge on any atom is 2.00 e. The van der Waals surface area contributed by atoms with Crippen LogP contribution < -0.4 is 64.0 Å². The van der Waals surface area contributed by atoms with Crippen molar-refractivity contribution in [2.24, 2.45) is 0 Å². The molecule has 32 heavy (non-hydrogen) atoms. The van der Waals surface area contributed by atoms with Gasteiger partial charge in [-0.25, -0.2) is 0 Å². The average Bonchev–Trinajstić information content (AvgIpc) is 2.55. The number of aliphatic carboxylic acids is 1. The third-order valence-electron chi connectivity index (χ3n) is 3.98. The Hall–Kier alpha value is 1.95. The minimum atomic E-state index is -5.39. The van der Waals surface area contributed by atoms with Crippen LogP contribution in [0.4, 0.5) is 0 Å². The van der Waals surface area contributed by atoms with Crippen molar-refractivity contribution in [2.75, 3.05) is 0 Å². The zero-order valence-corrected chi connectivity index (χ0v) is 25.5. The van der Waals surface area contributed by atoms with E-state index in [-0.39, 0.29) is 73.7 Å². The van der Waals surface area contributed by atoms with E-state index in [4.69, 9.17) is 38.5 Å². The fourth-order valence-electron chi connectivity index (χ4n) is 2.64. The van der Waals surface area contributed by atoms with Crippen LogP contribution in [0.5, 0.6) is 0 Å². The number of carboxylic acid groups (broad SMARTS) is 1. The topological polar surface area (TPSA) is 213 Å². The second kappa shape index (κ2) is 31.0. The van der Waals surface area contributed by atoms with Crippen molar-refractivity contribution in [2.45, 2.75) is 110 Å². The van der Waals surface area contributed by atoms with Crippen molar-refractivity contribution in [3.05, 3.63) is 0 Å². The number of carbonyl (C=O) groups excluding carboxylic acids is 1. The molecule has 0 rings (SSSR count). The van der Waals surface area contributed by atoms with E-state index in [1.165, 1.54) is 83.5 Å². The van der Waals surface area contributed by atoms with E-state index >= 15 is 0 Å². The van der Waals surface area contributed by atoms with Gasteiger partial charge in [0.25, 0.3) is 0 Å². The van der Waals surface area contributed by atoms with E-state index in [9.17, 15) is 9.90 Å². The summed E-state index contributed by atoms with van der Waals surface area (Å²) >= 11 is 0. The molecule has 0 saturated carbocycles. The molecule has 10 nitrogen and oxygen atoms in total. The molecule has 0 spiro atoms. The average molecular weight is 536 g/mol. The monoisotopic (exact) mass is 536 g/mol. The summed E-state index contributed by atoms with van der Waals surface area (Å²) in [5.41, 5.74) is 0. The molecule has 0 aliphatic heterocycles. The summed E-state index contributed by atoms with van der Waals surface area (Å²) in [6, 6.07) is 0. The van der Waals surface area contributed by atoms with Crippen LogP contribution in [0, 0.1) is 0 Å². The SMILES string of the molecule is CCCCCCCCCCCCCCCCCC(=O)[O-].O=P([O-])([O-])[O-].O=P([O-])([O-])[O-].[Ca+2].[Na+]. The minimum absolute atomic E-state index is 0. The first-order valence-electron chi connectivity index (χ1n) is 10.4. The summed E-state index contributed by atoms with van der Waals surface area (Å²) in [4.78, 5) is 61.5. The van der Waals surface area contributed by atoms with E-state index in [2.05, 4.69) is 6.92 Å². The molecule has 0 fully saturated rings. The molecule has 0 amide bonds. The Morgan fingerprint density at radius 1 is 0.562 bits per heavy atom. The number of unbranched alkanes of at least 4 members (excludes halogenated alkanes) is 14. The molecular weight excluding hydrogens is 501 g/mol. The Morgan fingerprint density at radius 2 is 0.750 bits per heavy atom. The quantitative estimate of drug-likeness (QED) is 0.106. The minimum Gasteiger partial charge on any atom is -0.822 e. The van der Waals surface area contributed by atoms with Gasteiger partial charge in [0.05, 0.1) is 0 Å². The molecule has 0 aliphatic rings. The molecule has 0 N–H and O–H groups in total. The van der Waals surface area contributed by atoms with Crippen LogP contribution in [0.2, 0.25) is 0 Å². The van der Waals surface area contributed by atoms with E-state index < -0.39 is 21.6 Å². The van der Waals surface area contributed by atoms with Gasteiger partial charge in [-0.2, -0.15) is 15.6 Å². The Balaban J connectivity index is -0.000000169. The summed E-state index contributed by atoms with van der Waals surface area (Å²) in [5.74, 6) is -0.903. The van der Waals surface area contributed by atoms with Gasteiger partial charge >= 0.3 is 67.3 Å². The van der Waals surface area contributed by atoms with Gasteiger partial charge in [0.2, 0.25) is 0 Å². The first-order valence-corrected chi connectivity index (χ1v) is 13.4. The normalized spacial score (nSPS) is 10.5. The van der Waals surface area contributed by atoms with Crippen LogP contribution in [0.15, 0.2) is 0 Å². The van der Waals surface area contributed by atoms with Crippen molar-refractivity contribution >= 4 is 59.4 Å². The third-order valence-corrected chi connectivity index (χ3v) is 3.98. The second-order valence-electron chi connectivity index (χ2n) is 6.97. The number of hydrogen-bond acceptors (Lipinski definition) is 10. The fourth-order valence-corrected chi connectivity index (χ4v) is 2.64. The largest absolute Gasteiger partial charge is 2.00 e. The Labute approximate surface area is 244 Å². The van der Waals surface area contributed by atoms with Crippen molar-refractivity contribution in [1.29, 1.82) is 0 Å². The molecule has 0 aromatic rings. The summed E-state index contributed by atoms with van der Waals surface area (Å²) < 4.78 is 17.1. The summed E-state index contributed by atoms with van der Waals surface area (Å²) in [6.45, 7) is 2.27. The van der Waals surface area contributed by atoms with Crippen molar-refractivity contribution in [3.8, 4) is 0 Å². The zero-order chi connectivity index (χ0) is 23.9. The molecule has 184 valence electrons. The van der Waals surface area contributed by atoms with Crippen molar-refractivity contribution in [3.63, 3.8) is 0 Å². The van der Waals surface area contributed by atoms with Gasteiger partial charge in [-0.05, 0) is 12.8 Å². The molecule has 0 radical (unpaired) electrons. The summed E-state index contributed by atoms with van der Waals surface area (Å²) in [7, 11) is -10.8. The van der Waals surface area contributed by atoms with Crippen LogP contribution in [-0.2, 0) is 13.9 Å². The molecule has 14 heteroatoms. The van der Waals surface area contributed by atoms with Crippen LogP contribution in [0.3, 0.4) is 0 Å². The van der Waals surface area contributed by atoms with Crippen LogP contribution in [-0.4, -0.2) is 43.7 Å². The Bertz CT molecular complexity index is 438. The number of phosphoric acid groups is 2. The summed E-state index contributed by atoms with van der Waals surface area (Å²) in [5, 5.41) is 10.2. The number of rotatable bonds is 16. The molecular formula is C18H35CaNaO10P2-4. The molecule has 0 bridgehead atoms. The molecule has 0 saturated heterocycles. The van der Waals surface area contributed by atoms with Gasteiger partial charge in [-0.3, -0.25) is 0 Å². The fraction of sp³-hybridized carbons (Fsp3) is 0.944. The maximum absolute atomic E-state index is 10.2. The first kappa shape index (κ1) is 44.0. The van der Waals surface area contributed by atoms with E-state index in [0.29, 0.717) is 0 Å². The van der Waals surface area contributed by atoms with Gasteiger partial charge in [-0.15, -0.1) is 0 Å². The van der Waals surface area contributed by atoms with E-state index in [1.807, 2.05) is 0 Å². The first-order chi connectivity index (χ1) is 13.8. The van der Waals surface area contributed by atoms with E-state index in [1.54, 1.807) is 0 Å². The van der Waals surface area contributed by atoms with Gasteiger partial charge in [0.15, 0.2) is 0 Å². The van der Waals surface area contributed by atoms with E-state index in [0.717, 1.165) is 12.8 Å². The Morgan fingerprint density at radius 3 is 0.938 bits per heavy atom. The second-order valence-corrected chi connectivity index (χ2v) is 8.76. The third kappa shape index (κ3) is 85.2. The van der Waals surface area contributed by atoms with Gasteiger partial charge in [0.1, 0.15) is 0 Å².